The Kier molecular flexibility index (Phi) is 3.65. The Bertz CT molecular complexity index is 679. The molecule has 0 aromatic heterocycles. The molecular formula is C18H20N2O. The molecule has 0 radical (unpaired) electrons. The van der Waals surface area contributed by atoms with E-state index < -0.39 is 0 Å². The molecule has 3 rings (SSSR count). The molecule has 0 aliphatic carbocycles. The molecular weight excluding hydrogens is 260 g/mol. The number of fused-ring (bicyclic) bond motifs is 1. The summed E-state index contributed by atoms with van der Waals surface area (Å²) in [5.74, 6) is -0.000874. The quantitative estimate of drug-likeness (QED) is 0.877. The molecule has 2 aromatic carbocycles. The van der Waals surface area contributed by atoms with Crippen molar-refractivity contribution in [3.63, 3.8) is 0 Å². The van der Waals surface area contributed by atoms with Crippen LogP contribution in [0.2, 0.25) is 0 Å². The van der Waals surface area contributed by atoms with E-state index in [2.05, 4.69) is 23.6 Å². The average Bonchev–Trinajstić information content (AvgIpc) is 2.49. The van der Waals surface area contributed by atoms with E-state index in [0.29, 0.717) is 0 Å². The van der Waals surface area contributed by atoms with Crippen LogP contribution in [0.5, 0.6) is 0 Å². The monoisotopic (exact) mass is 280 g/mol. The Hall–Kier alpha value is -2.29. The lowest BCUT2D eigenvalue weighted by atomic mass is 9.90. The van der Waals surface area contributed by atoms with Gasteiger partial charge in [-0.15, -0.1) is 0 Å². The molecule has 1 amide bonds. The number of benzene rings is 2. The van der Waals surface area contributed by atoms with Gasteiger partial charge in [0.2, 0.25) is 5.91 Å². The van der Waals surface area contributed by atoms with Gasteiger partial charge >= 0.3 is 0 Å². The van der Waals surface area contributed by atoms with Crippen LogP contribution >= 0.6 is 0 Å². The van der Waals surface area contributed by atoms with Crippen molar-refractivity contribution in [1.29, 1.82) is 0 Å². The van der Waals surface area contributed by atoms with Crippen LogP contribution in [0.25, 0.3) is 0 Å². The molecule has 2 N–H and O–H groups in total. The number of rotatable bonds is 2. The summed E-state index contributed by atoms with van der Waals surface area (Å²) in [6.45, 7) is 4.92. The lowest BCUT2D eigenvalue weighted by Gasteiger charge is -2.26. The molecule has 3 nitrogen and oxygen atoms in total. The fraction of sp³-hybridized carbons (Fsp3) is 0.278. The molecule has 2 aromatic rings. The van der Waals surface area contributed by atoms with Gasteiger partial charge in [-0.2, -0.15) is 0 Å². The molecule has 0 saturated heterocycles. The van der Waals surface area contributed by atoms with E-state index >= 15 is 0 Å². The minimum Gasteiger partial charge on any atom is -0.385 e. The van der Waals surface area contributed by atoms with Crippen molar-refractivity contribution < 1.29 is 4.79 Å². The number of nitrogens with one attached hydrogen (secondary N) is 2. The van der Waals surface area contributed by atoms with Crippen LogP contribution in [0, 0.1) is 13.8 Å². The van der Waals surface area contributed by atoms with Gasteiger partial charge in [0.1, 0.15) is 0 Å². The summed E-state index contributed by atoms with van der Waals surface area (Å²) in [5, 5.41) is 6.43. The van der Waals surface area contributed by atoms with Crippen LogP contribution in [-0.2, 0) is 4.79 Å². The molecule has 0 saturated carbocycles. The number of aryl methyl sites for hydroxylation is 2. The minimum absolute atomic E-state index is 0.0795. The number of hydrogen-bond acceptors (Lipinski definition) is 2. The van der Waals surface area contributed by atoms with Crippen molar-refractivity contribution >= 4 is 17.3 Å². The van der Waals surface area contributed by atoms with Crippen LogP contribution in [0.1, 0.15) is 29.0 Å². The predicted octanol–water partition coefficient (Wildman–Crippen LogP) is 3.84. The lowest BCUT2D eigenvalue weighted by Crippen LogP contribution is -2.27. The summed E-state index contributed by atoms with van der Waals surface area (Å²) in [6.07, 6.45) is 0.827. The Labute approximate surface area is 125 Å². The minimum atomic E-state index is -0.0804. The first-order chi connectivity index (χ1) is 10.1. The first-order valence-electron chi connectivity index (χ1n) is 7.36. The van der Waals surface area contributed by atoms with E-state index in [1.54, 1.807) is 0 Å². The second-order valence-corrected chi connectivity index (χ2v) is 5.66. The zero-order valence-corrected chi connectivity index (χ0v) is 12.4. The zero-order valence-electron chi connectivity index (χ0n) is 12.4. The highest BCUT2D eigenvalue weighted by Gasteiger charge is 2.26. The van der Waals surface area contributed by atoms with Gasteiger partial charge in [0.05, 0.1) is 5.92 Å². The van der Waals surface area contributed by atoms with E-state index in [1.165, 1.54) is 5.56 Å². The molecule has 1 atom stereocenters. The van der Waals surface area contributed by atoms with Gasteiger partial charge in [0, 0.05) is 17.9 Å². The Balaban J connectivity index is 1.83. The van der Waals surface area contributed by atoms with Gasteiger partial charge in [0.15, 0.2) is 0 Å². The largest absolute Gasteiger partial charge is 0.385 e. The normalized spacial score (nSPS) is 16.8. The molecule has 21 heavy (non-hydrogen) atoms. The van der Waals surface area contributed by atoms with E-state index in [1.807, 2.05) is 43.3 Å². The van der Waals surface area contributed by atoms with Gasteiger partial charge in [-0.25, -0.2) is 0 Å². The maximum atomic E-state index is 12.6. The standard InChI is InChI=1S/C18H20N2O/c1-12-7-8-16(13(2)11-12)20-18(21)15-9-10-19-17-6-4-3-5-14(15)17/h3-8,11,15,19H,9-10H2,1-2H3,(H,20,21). The molecule has 1 aliphatic heterocycles. The van der Waals surface area contributed by atoms with Crippen LogP contribution in [0.4, 0.5) is 11.4 Å². The van der Waals surface area contributed by atoms with Crippen molar-refractivity contribution in [3.8, 4) is 0 Å². The first-order valence-corrected chi connectivity index (χ1v) is 7.36. The van der Waals surface area contributed by atoms with Crippen LogP contribution < -0.4 is 10.6 Å². The van der Waals surface area contributed by atoms with Gasteiger partial charge < -0.3 is 10.6 Å². The predicted molar refractivity (Wildman–Crippen MR) is 86.8 cm³/mol. The van der Waals surface area contributed by atoms with Gasteiger partial charge in [-0.05, 0) is 43.5 Å². The third-order valence-corrected chi connectivity index (χ3v) is 4.04. The third kappa shape index (κ3) is 2.77. The van der Waals surface area contributed by atoms with E-state index in [-0.39, 0.29) is 11.8 Å². The lowest BCUT2D eigenvalue weighted by molar-refractivity contribution is -0.117. The highest BCUT2D eigenvalue weighted by atomic mass is 16.1. The molecule has 3 heteroatoms. The highest BCUT2D eigenvalue weighted by Crippen LogP contribution is 2.32. The van der Waals surface area contributed by atoms with Gasteiger partial charge in [0.25, 0.3) is 0 Å². The number of carbonyl (C=O) groups is 1. The maximum absolute atomic E-state index is 12.6. The summed E-state index contributed by atoms with van der Waals surface area (Å²) in [7, 11) is 0. The average molecular weight is 280 g/mol. The topological polar surface area (TPSA) is 41.1 Å². The van der Waals surface area contributed by atoms with Gasteiger partial charge in [-0.3, -0.25) is 4.79 Å². The van der Waals surface area contributed by atoms with Crippen molar-refractivity contribution in [2.75, 3.05) is 17.2 Å². The smallest absolute Gasteiger partial charge is 0.232 e. The molecule has 1 aliphatic rings. The van der Waals surface area contributed by atoms with Crippen LogP contribution in [0.3, 0.4) is 0 Å². The summed E-state index contributed by atoms with van der Waals surface area (Å²) in [4.78, 5) is 12.6. The third-order valence-electron chi connectivity index (χ3n) is 4.04. The van der Waals surface area contributed by atoms with E-state index in [9.17, 15) is 4.79 Å². The molecule has 0 fully saturated rings. The molecule has 0 bridgehead atoms. The van der Waals surface area contributed by atoms with Gasteiger partial charge in [-0.1, -0.05) is 35.9 Å². The molecule has 1 heterocycles. The Morgan fingerprint density at radius 3 is 2.81 bits per heavy atom. The van der Waals surface area contributed by atoms with Crippen molar-refractivity contribution in [2.24, 2.45) is 0 Å². The van der Waals surface area contributed by atoms with Crippen molar-refractivity contribution in [2.45, 2.75) is 26.2 Å². The summed E-state index contributed by atoms with van der Waals surface area (Å²) < 4.78 is 0. The zero-order chi connectivity index (χ0) is 14.8. The number of carbonyl (C=O) groups excluding carboxylic acids is 1. The highest BCUT2D eigenvalue weighted by molar-refractivity contribution is 5.97. The summed E-state index contributed by atoms with van der Waals surface area (Å²) in [5.41, 5.74) is 5.38. The molecule has 1 unspecified atom stereocenters. The SMILES string of the molecule is Cc1ccc(NC(=O)C2CCNc3ccccc32)c(C)c1. The number of hydrogen-bond donors (Lipinski definition) is 2. The maximum Gasteiger partial charge on any atom is 0.232 e. The molecule has 108 valence electrons. The second-order valence-electron chi connectivity index (χ2n) is 5.66. The summed E-state index contributed by atoms with van der Waals surface area (Å²) in [6, 6.07) is 14.2. The fourth-order valence-corrected chi connectivity index (χ4v) is 2.91. The van der Waals surface area contributed by atoms with E-state index in [4.69, 9.17) is 0 Å². The second kappa shape index (κ2) is 5.60. The molecule has 0 spiro atoms. The Morgan fingerprint density at radius 1 is 1.19 bits per heavy atom. The van der Waals surface area contributed by atoms with Crippen LogP contribution in [-0.4, -0.2) is 12.5 Å². The van der Waals surface area contributed by atoms with Crippen molar-refractivity contribution in [1.82, 2.24) is 0 Å². The summed E-state index contributed by atoms with van der Waals surface area (Å²) >= 11 is 0. The fourth-order valence-electron chi connectivity index (χ4n) is 2.91. The Morgan fingerprint density at radius 2 is 2.00 bits per heavy atom. The first kappa shape index (κ1) is 13.7. The van der Waals surface area contributed by atoms with Crippen molar-refractivity contribution in [3.05, 3.63) is 59.2 Å². The van der Waals surface area contributed by atoms with E-state index in [0.717, 1.165) is 35.5 Å². The number of anilines is 2. The number of para-hydroxylation sites is 1. The number of amides is 1. The van der Waals surface area contributed by atoms with Crippen LogP contribution in [0.15, 0.2) is 42.5 Å².